The first-order valence-electron chi connectivity index (χ1n) is 7.46. The maximum Gasteiger partial charge on any atom is 0.302 e. The Labute approximate surface area is 130 Å². The lowest BCUT2D eigenvalue weighted by Gasteiger charge is -2.16. The minimum atomic E-state index is -0.245. The molecule has 1 unspecified atom stereocenters. The Hall–Kier alpha value is -2.55. The molecule has 0 N–H and O–H groups in total. The second-order valence-electron chi connectivity index (χ2n) is 5.49. The highest BCUT2D eigenvalue weighted by Crippen LogP contribution is 2.28. The smallest absolute Gasteiger partial charge is 0.302 e. The van der Waals surface area contributed by atoms with Gasteiger partial charge in [0.05, 0.1) is 6.54 Å². The molecule has 0 saturated carbocycles. The van der Waals surface area contributed by atoms with Crippen molar-refractivity contribution in [1.29, 1.82) is 0 Å². The van der Waals surface area contributed by atoms with Gasteiger partial charge in [-0.05, 0) is 24.6 Å². The Morgan fingerprint density at radius 1 is 1.09 bits per heavy atom. The molecule has 0 aliphatic heterocycles. The molecule has 1 atom stereocenters. The van der Waals surface area contributed by atoms with Crippen LogP contribution in [-0.4, -0.2) is 16.6 Å². The quantitative estimate of drug-likeness (QED) is 0.673. The van der Waals surface area contributed by atoms with E-state index in [1.807, 2.05) is 37.3 Å². The zero-order valence-electron chi connectivity index (χ0n) is 12.8. The first-order valence-corrected chi connectivity index (χ1v) is 7.46. The fraction of sp³-hybridized carbons (Fsp3) is 0.211. The molecule has 0 amide bonds. The van der Waals surface area contributed by atoms with Crippen molar-refractivity contribution in [2.45, 2.75) is 26.5 Å². The number of hydrogen-bond acceptors (Lipinski definition) is 2. The highest BCUT2D eigenvalue weighted by molar-refractivity contribution is 5.87. The molecule has 1 aromatic heterocycles. The fourth-order valence-electron chi connectivity index (χ4n) is 2.83. The summed E-state index contributed by atoms with van der Waals surface area (Å²) in [4.78, 5) is 11.2. The van der Waals surface area contributed by atoms with E-state index in [4.69, 9.17) is 4.74 Å². The van der Waals surface area contributed by atoms with Crippen LogP contribution in [0.4, 0.5) is 0 Å². The normalized spacial score (nSPS) is 12.3. The third-order valence-electron chi connectivity index (χ3n) is 3.69. The largest absolute Gasteiger partial charge is 0.461 e. The van der Waals surface area contributed by atoms with Gasteiger partial charge in [0, 0.05) is 23.5 Å². The summed E-state index contributed by atoms with van der Waals surface area (Å²) in [5.74, 6) is -0.245. The zero-order chi connectivity index (χ0) is 15.5. The van der Waals surface area contributed by atoms with Gasteiger partial charge in [-0.15, -0.1) is 0 Å². The zero-order valence-corrected chi connectivity index (χ0v) is 12.8. The molecule has 0 radical (unpaired) electrons. The van der Waals surface area contributed by atoms with Crippen LogP contribution in [0.15, 0.2) is 60.7 Å². The van der Waals surface area contributed by atoms with Crippen molar-refractivity contribution < 1.29 is 9.53 Å². The second-order valence-corrected chi connectivity index (χ2v) is 5.49. The van der Waals surface area contributed by atoms with Gasteiger partial charge in [-0.3, -0.25) is 4.79 Å². The molecule has 0 spiro atoms. The molecule has 0 saturated heterocycles. The lowest BCUT2D eigenvalue weighted by molar-refractivity contribution is -0.145. The number of nitrogens with zero attached hydrogens (tertiary/aromatic N) is 1. The molecule has 3 heteroatoms. The van der Waals surface area contributed by atoms with Gasteiger partial charge in [0.15, 0.2) is 0 Å². The molecular weight excluding hydrogens is 274 g/mol. The second kappa shape index (κ2) is 6.06. The summed E-state index contributed by atoms with van der Waals surface area (Å²) < 4.78 is 7.52. The summed E-state index contributed by atoms with van der Waals surface area (Å²) in [6.45, 7) is 4.00. The molecule has 1 heterocycles. The average Bonchev–Trinajstić information content (AvgIpc) is 2.86. The van der Waals surface area contributed by atoms with Gasteiger partial charge in [-0.1, -0.05) is 48.5 Å². The van der Waals surface area contributed by atoms with E-state index >= 15 is 0 Å². The minimum Gasteiger partial charge on any atom is -0.461 e. The van der Waals surface area contributed by atoms with Crippen LogP contribution in [0.5, 0.6) is 0 Å². The number of rotatable bonds is 4. The molecule has 22 heavy (non-hydrogen) atoms. The molecule has 3 rings (SSSR count). The SMILES string of the molecule is CC(=O)OC(C)Cn1c(-c2ccccc2)cc2ccccc21. The number of ether oxygens (including phenoxy) is 1. The molecule has 3 aromatic rings. The van der Waals surface area contributed by atoms with Crippen molar-refractivity contribution in [3.05, 3.63) is 60.7 Å². The van der Waals surface area contributed by atoms with E-state index in [-0.39, 0.29) is 12.1 Å². The summed E-state index contributed by atoms with van der Waals surface area (Å²) in [5.41, 5.74) is 3.45. The Balaban J connectivity index is 2.07. The molecule has 0 fully saturated rings. The predicted octanol–water partition coefficient (Wildman–Crippen LogP) is 4.26. The van der Waals surface area contributed by atoms with Crippen molar-refractivity contribution in [3.8, 4) is 11.3 Å². The van der Waals surface area contributed by atoms with Crippen LogP contribution in [0.2, 0.25) is 0 Å². The van der Waals surface area contributed by atoms with Crippen molar-refractivity contribution in [1.82, 2.24) is 4.57 Å². The number of hydrogen-bond donors (Lipinski definition) is 0. The van der Waals surface area contributed by atoms with Gasteiger partial charge in [-0.2, -0.15) is 0 Å². The number of benzene rings is 2. The lowest BCUT2D eigenvalue weighted by Crippen LogP contribution is -2.19. The summed E-state index contributed by atoms with van der Waals surface area (Å²) >= 11 is 0. The average molecular weight is 293 g/mol. The van der Waals surface area contributed by atoms with Crippen LogP contribution in [0.1, 0.15) is 13.8 Å². The van der Waals surface area contributed by atoms with Crippen molar-refractivity contribution in [2.24, 2.45) is 0 Å². The van der Waals surface area contributed by atoms with E-state index in [1.165, 1.54) is 12.3 Å². The first kappa shape index (κ1) is 14.4. The third kappa shape index (κ3) is 2.89. The van der Waals surface area contributed by atoms with E-state index in [0.717, 1.165) is 16.8 Å². The Morgan fingerprint density at radius 2 is 1.77 bits per heavy atom. The van der Waals surface area contributed by atoms with E-state index < -0.39 is 0 Å². The Morgan fingerprint density at radius 3 is 2.50 bits per heavy atom. The van der Waals surface area contributed by atoms with Gasteiger partial charge < -0.3 is 9.30 Å². The van der Waals surface area contributed by atoms with E-state index in [0.29, 0.717) is 6.54 Å². The Bertz CT molecular complexity index is 790. The maximum atomic E-state index is 11.2. The van der Waals surface area contributed by atoms with Crippen molar-refractivity contribution in [2.75, 3.05) is 0 Å². The summed E-state index contributed by atoms with van der Waals surface area (Å²) in [5, 5.41) is 1.19. The molecule has 3 nitrogen and oxygen atoms in total. The van der Waals surface area contributed by atoms with Gasteiger partial charge in [0.2, 0.25) is 0 Å². The predicted molar refractivity (Wildman–Crippen MR) is 88.6 cm³/mol. The van der Waals surface area contributed by atoms with Crippen LogP contribution >= 0.6 is 0 Å². The van der Waals surface area contributed by atoms with Crippen molar-refractivity contribution >= 4 is 16.9 Å². The standard InChI is InChI=1S/C19H19NO2/c1-14(22-15(2)21)13-20-18-11-7-6-10-17(18)12-19(20)16-8-4-3-5-9-16/h3-12,14H,13H2,1-2H3. The van der Waals surface area contributed by atoms with E-state index in [2.05, 4.69) is 34.9 Å². The topological polar surface area (TPSA) is 31.2 Å². The molecule has 2 aromatic carbocycles. The van der Waals surface area contributed by atoms with Crippen LogP contribution < -0.4 is 0 Å². The molecular formula is C19H19NO2. The van der Waals surface area contributed by atoms with Crippen molar-refractivity contribution in [3.63, 3.8) is 0 Å². The third-order valence-corrected chi connectivity index (χ3v) is 3.69. The van der Waals surface area contributed by atoms with Gasteiger partial charge in [-0.25, -0.2) is 0 Å². The number of esters is 1. The Kier molecular flexibility index (Phi) is 3.96. The highest BCUT2D eigenvalue weighted by Gasteiger charge is 2.14. The maximum absolute atomic E-state index is 11.2. The number of fused-ring (bicyclic) bond motifs is 1. The molecule has 0 bridgehead atoms. The molecule has 0 aliphatic rings. The van der Waals surface area contributed by atoms with Crippen LogP contribution in [0.25, 0.3) is 22.2 Å². The summed E-state index contributed by atoms with van der Waals surface area (Å²) in [7, 11) is 0. The van der Waals surface area contributed by atoms with Gasteiger partial charge >= 0.3 is 5.97 Å². The van der Waals surface area contributed by atoms with E-state index in [1.54, 1.807) is 0 Å². The van der Waals surface area contributed by atoms with Crippen LogP contribution in [0.3, 0.4) is 0 Å². The highest BCUT2D eigenvalue weighted by atomic mass is 16.5. The van der Waals surface area contributed by atoms with Gasteiger partial charge in [0.25, 0.3) is 0 Å². The lowest BCUT2D eigenvalue weighted by atomic mass is 10.1. The summed E-state index contributed by atoms with van der Waals surface area (Å²) in [6.07, 6.45) is -0.171. The fourth-order valence-corrected chi connectivity index (χ4v) is 2.83. The van der Waals surface area contributed by atoms with Crippen LogP contribution in [-0.2, 0) is 16.1 Å². The first-order chi connectivity index (χ1) is 10.6. The molecule has 0 aliphatic carbocycles. The number of carbonyl (C=O) groups excluding carboxylic acids is 1. The van der Waals surface area contributed by atoms with E-state index in [9.17, 15) is 4.79 Å². The van der Waals surface area contributed by atoms with Gasteiger partial charge in [0.1, 0.15) is 6.10 Å². The summed E-state index contributed by atoms with van der Waals surface area (Å²) in [6, 6.07) is 20.7. The van der Waals surface area contributed by atoms with Crippen LogP contribution in [0, 0.1) is 0 Å². The minimum absolute atomic E-state index is 0.171. The number of carbonyl (C=O) groups is 1. The number of aromatic nitrogens is 1. The monoisotopic (exact) mass is 293 g/mol. The number of para-hydroxylation sites is 1. The molecule has 112 valence electrons.